The summed E-state index contributed by atoms with van der Waals surface area (Å²) in [5.41, 5.74) is 0.526. The van der Waals surface area contributed by atoms with Gasteiger partial charge >= 0.3 is 0 Å². The lowest BCUT2D eigenvalue weighted by atomic mass is 9.98. The fraction of sp³-hybridized carbons (Fsp3) is 0.714. The molecule has 0 bridgehead atoms. The van der Waals surface area contributed by atoms with Crippen molar-refractivity contribution in [3.63, 3.8) is 0 Å². The highest BCUT2D eigenvalue weighted by atomic mass is 35.5. The van der Waals surface area contributed by atoms with Gasteiger partial charge in [0.2, 0.25) is 0 Å². The molecule has 0 spiro atoms. The zero-order valence-corrected chi connectivity index (χ0v) is 6.69. The van der Waals surface area contributed by atoms with Crippen LogP contribution >= 0.6 is 11.6 Å². The molecule has 0 aliphatic carbocycles. The summed E-state index contributed by atoms with van der Waals surface area (Å²) in [6.07, 6.45) is 1.31. The number of rotatable bonds is 1. The predicted molar refractivity (Wildman–Crippen MR) is 39.7 cm³/mol. The average Bonchev–Trinajstić information content (AvgIpc) is 2.32. The van der Waals surface area contributed by atoms with Crippen LogP contribution in [0.3, 0.4) is 0 Å². The third-order valence-corrected chi connectivity index (χ3v) is 2.11. The monoisotopic (exact) mass is 162 g/mol. The Balaban J connectivity index is 2.75. The van der Waals surface area contributed by atoms with Gasteiger partial charge in [-0.1, -0.05) is 18.5 Å². The summed E-state index contributed by atoms with van der Waals surface area (Å²) < 4.78 is 5.09. The van der Waals surface area contributed by atoms with Crippen molar-refractivity contribution in [3.05, 3.63) is 11.3 Å². The SMILES string of the molecule is CCC1(O)CCO/C1=C\Cl. The second-order valence-corrected chi connectivity index (χ2v) is 2.68. The number of halogens is 1. The van der Waals surface area contributed by atoms with E-state index < -0.39 is 5.60 Å². The molecule has 1 saturated heterocycles. The van der Waals surface area contributed by atoms with E-state index in [2.05, 4.69) is 0 Å². The molecule has 1 N–H and O–H groups in total. The highest BCUT2D eigenvalue weighted by molar-refractivity contribution is 6.25. The van der Waals surface area contributed by atoms with Crippen molar-refractivity contribution in [2.45, 2.75) is 25.4 Å². The highest BCUT2D eigenvalue weighted by Gasteiger charge is 2.36. The molecule has 1 fully saturated rings. The zero-order valence-electron chi connectivity index (χ0n) is 5.93. The van der Waals surface area contributed by atoms with Crippen molar-refractivity contribution in [3.8, 4) is 0 Å². The van der Waals surface area contributed by atoms with Gasteiger partial charge in [-0.2, -0.15) is 0 Å². The van der Waals surface area contributed by atoms with E-state index >= 15 is 0 Å². The summed E-state index contributed by atoms with van der Waals surface area (Å²) in [7, 11) is 0. The highest BCUT2D eigenvalue weighted by Crippen LogP contribution is 2.32. The standard InChI is InChI=1S/C7H11ClO2/c1-2-7(9)3-4-10-6(7)5-8/h5,9H,2-4H2,1H3/b6-5-. The zero-order chi connectivity index (χ0) is 7.61. The lowest BCUT2D eigenvalue weighted by molar-refractivity contribution is 0.0694. The summed E-state index contributed by atoms with van der Waals surface area (Å²) in [5, 5.41) is 9.68. The number of hydrogen-bond acceptors (Lipinski definition) is 2. The van der Waals surface area contributed by atoms with Gasteiger partial charge in [0.25, 0.3) is 0 Å². The van der Waals surface area contributed by atoms with Gasteiger partial charge in [0.05, 0.1) is 6.61 Å². The van der Waals surface area contributed by atoms with Crippen LogP contribution in [0.1, 0.15) is 19.8 Å². The largest absolute Gasteiger partial charge is 0.494 e. The molecule has 0 saturated carbocycles. The second kappa shape index (κ2) is 2.81. The Morgan fingerprint density at radius 2 is 2.60 bits per heavy atom. The molecule has 0 aromatic rings. The van der Waals surface area contributed by atoms with Gasteiger partial charge in [-0.25, -0.2) is 0 Å². The van der Waals surface area contributed by atoms with Gasteiger partial charge in [0, 0.05) is 12.0 Å². The van der Waals surface area contributed by atoms with E-state index in [-0.39, 0.29) is 0 Å². The Bertz CT molecular complexity index is 156. The average molecular weight is 163 g/mol. The quantitative estimate of drug-likeness (QED) is 0.635. The first kappa shape index (κ1) is 7.89. The molecule has 0 radical (unpaired) electrons. The van der Waals surface area contributed by atoms with Gasteiger partial charge in [-0.05, 0) is 6.42 Å². The fourth-order valence-corrected chi connectivity index (χ4v) is 1.34. The van der Waals surface area contributed by atoms with E-state index in [0.717, 1.165) is 0 Å². The third-order valence-electron chi connectivity index (χ3n) is 1.92. The summed E-state index contributed by atoms with van der Waals surface area (Å²) >= 11 is 5.42. The molecule has 1 unspecified atom stereocenters. The van der Waals surface area contributed by atoms with E-state index in [1.165, 1.54) is 5.54 Å². The minimum atomic E-state index is -0.790. The fourth-order valence-electron chi connectivity index (χ4n) is 1.07. The first-order chi connectivity index (χ1) is 4.73. The maximum absolute atomic E-state index is 9.68. The third kappa shape index (κ3) is 1.13. The van der Waals surface area contributed by atoms with Gasteiger partial charge < -0.3 is 9.84 Å². The molecule has 0 aromatic heterocycles. The van der Waals surface area contributed by atoms with Crippen molar-refractivity contribution >= 4 is 11.6 Å². The van der Waals surface area contributed by atoms with Crippen molar-refractivity contribution in [1.82, 2.24) is 0 Å². The summed E-state index contributed by atoms with van der Waals surface area (Å²) in [6.45, 7) is 2.48. The molecule has 1 aliphatic rings. The summed E-state index contributed by atoms with van der Waals surface area (Å²) in [5.74, 6) is 0.511. The first-order valence-corrected chi connectivity index (χ1v) is 3.82. The molecule has 0 amide bonds. The Morgan fingerprint density at radius 3 is 3.00 bits per heavy atom. The van der Waals surface area contributed by atoms with Crippen molar-refractivity contribution in [2.24, 2.45) is 0 Å². The van der Waals surface area contributed by atoms with Crippen LogP contribution in [0.25, 0.3) is 0 Å². The summed E-state index contributed by atoms with van der Waals surface area (Å²) in [4.78, 5) is 0. The van der Waals surface area contributed by atoms with Crippen molar-refractivity contribution in [1.29, 1.82) is 0 Å². The smallest absolute Gasteiger partial charge is 0.139 e. The lowest BCUT2D eigenvalue weighted by Gasteiger charge is -2.18. The first-order valence-electron chi connectivity index (χ1n) is 3.39. The normalized spacial score (nSPS) is 36.5. The maximum atomic E-state index is 9.68. The van der Waals surface area contributed by atoms with Crippen LogP contribution in [0, 0.1) is 0 Å². The minimum Gasteiger partial charge on any atom is -0.494 e. The molecular weight excluding hydrogens is 152 g/mol. The molecule has 1 atom stereocenters. The van der Waals surface area contributed by atoms with E-state index in [4.69, 9.17) is 16.3 Å². The Hall–Kier alpha value is -0.210. The van der Waals surface area contributed by atoms with E-state index in [1.807, 2.05) is 6.92 Å². The molecule has 1 rings (SSSR count). The maximum Gasteiger partial charge on any atom is 0.139 e. The van der Waals surface area contributed by atoms with E-state index in [1.54, 1.807) is 0 Å². The molecular formula is C7H11ClO2. The molecule has 10 heavy (non-hydrogen) atoms. The number of hydrogen-bond donors (Lipinski definition) is 1. The Morgan fingerprint density at radius 1 is 1.90 bits per heavy atom. The topological polar surface area (TPSA) is 29.5 Å². The number of aliphatic hydroxyl groups is 1. The van der Waals surface area contributed by atoms with E-state index in [0.29, 0.717) is 25.2 Å². The molecule has 0 aromatic carbocycles. The van der Waals surface area contributed by atoms with Crippen LogP contribution in [0.2, 0.25) is 0 Å². The minimum absolute atomic E-state index is 0.511. The van der Waals surface area contributed by atoms with Crippen molar-refractivity contribution in [2.75, 3.05) is 6.61 Å². The van der Waals surface area contributed by atoms with Gasteiger partial charge in [0.15, 0.2) is 0 Å². The van der Waals surface area contributed by atoms with Crippen LogP contribution in [0.5, 0.6) is 0 Å². The molecule has 58 valence electrons. The molecule has 1 aliphatic heterocycles. The van der Waals surface area contributed by atoms with Gasteiger partial charge in [0.1, 0.15) is 11.4 Å². The van der Waals surface area contributed by atoms with E-state index in [9.17, 15) is 5.11 Å². The van der Waals surface area contributed by atoms with Crippen LogP contribution < -0.4 is 0 Å². The van der Waals surface area contributed by atoms with Crippen LogP contribution in [-0.4, -0.2) is 17.3 Å². The van der Waals surface area contributed by atoms with Crippen LogP contribution in [0.15, 0.2) is 11.3 Å². The lowest BCUT2D eigenvalue weighted by Crippen LogP contribution is -2.25. The molecule has 3 heteroatoms. The molecule has 1 heterocycles. The van der Waals surface area contributed by atoms with Crippen molar-refractivity contribution < 1.29 is 9.84 Å². The van der Waals surface area contributed by atoms with Crippen LogP contribution in [0.4, 0.5) is 0 Å². The number of ether oxygens (including phenoxy) is 1. The Kier molecular flexibility index (Phi) is 2.21. The summed E-state index contributed by atoms with van der Waals surface area (Å²) in [6, 6.07) is 0. The van der Waals surface area contributed by atoms with Gasteiger partial charge in [-0.3, -0.25) is 0 Å². The second-order valence-electron chi connectivity index (χ2n) is 2.46. The molecule has 2 nitrogen and oxygen atoms in total. The Labute approximate surface area is 65.4 Å². The van der Waals surface area contributed by atoms with Crippen LogP contribution in [-0.2, 0) is 4.74 Å². The van der Waals surface area contributed by atoms with Gasteiger partial charge in [-0.15, -0.1) is 0 Å². The predicted octanol–water partition coefficient (Wildman–Crippen LogP) is 1.63.